The fourth-order valence-corrected chi connectivity index (χ4v) is 3.43. The average molecular weight is 252 g/mol. The molecule has 1 aliphatic carbocycles. The third-order valence-corrected chi connectivity index (χ3v) is 4.40. The maximum atomic E-state index is 11.8. The number of piperidine rings is 1. The van der Waals surface area contributed by atoms with Crippen LogP contribution in [0.15, 0.2) is 0 Å². The molecular formula is C15H28N2O. The number of likely N-dealkylation sites (tertiary alicyclic amines) is 1. The summed E-state index contributed by atoms with van der Waals surface area (Å²) < 4.78 is 0. The second-order valence-corrected chi connectivity index (χ2v) is 6.59. The number of carbonyl (C=O) groups is 1. The van der Waals surface area contributed by atoms with Crippen LogP contribution in [0.3, 0.4) is 0 Å². The van der Waals surface area contributed by atoms with Gasteiger partial charge in [0.1, 0.15) is 0 Å². The average Bonchev–Trinajstić information content (AvgIpc) is 2.81. The second kappa shape index (κ2) is 6.05. The van der Waals surface area contributed by atoms with E-state index in [-0.39, 0.29) is 11.8 Å². The van der Waals surface area contributed by atoms with E-state index >= 15 is 0 Å². The summed E-state index contributed by atoms with van der Waals surface area (Å²) in [6.07, 6.45) is 6.63. The number of carbonyl (C=O) groups excluding carboxylic acids is 1. The Hall–Kier alpha value is -0.570. The molecule has 1 aliphatic heterocycles. The molecule has 0 aromatic rings. The van der Waals surface area contributed by atoms with Crippen LogP contribution in [-0.4, -0.2) is 36.0 Å². The van der Waals surface area contributed by atoms with Gasteiger partial charge in [0.15, 0.2) is 0 Å². The minimum absolute atomic E-state index is 0.0992. The molecule has 2 atom stereocenters. The Kier molecular flexibility index (Phi) is 4.66. The number of rotatable bonds is 3. The Morgan fingerprint density at radius 3 is 2.50 bits per heavy atom. The molecule has 0 spiro atoms. The lowest BCUT2D eigenvalue weighted by atomic mass is 9.94. The van der Waals surface area contributed by atoms with Crippen molar-refractivity contribution in [2.75, 3.05) is 13.1 Å². The van der Waals surface area contributed by atoms with Crippen molar-refractivity contribution in [1.29, 1.82) is 0 Å². The standard InChI is InChI=1S/C15H28N2O/c1-11(2)15(18)16-13-8-12(3)9-17(10-13)14-6-4-5-7-14/h11-14H,4-10H2,1-3H3,(H,16,18). The first-order valence-electron chi connectivity index (χ1n) is 7.60. The predicted octanol–water partition coefficient (Wildman–Crippen LogP) is 2.41. The zero-order chi connectivity index (χ0) is 13.1. The highest BCUT2D eigenvalue weighted by atomic mass is 16.1. The van der Waals surface area contributed by atoms with Gasteiger partial charge >= 0.3 is 0 Å². The van der Waals surface area contributed by atoms with Gasteiger partial charge in [0, 0.05) is 31.1 Å². The first kappa shape index (κ1) is 13.9. The smallest absolute Gasteiger partial charge is 0.222 e. The van der Waals surface area contributed by atoms with E-state index in [1.165, 1.54) is 32.2 Å². The summed E-state index contributed by atoms with van der Waals surface area (Å²) in [5.41, 5.74) is 0. The summed E-state index contributed by atoms with van der Waals surface area (Å²) in [7, 11) is 0. The summed E-state index contributed by atoms with van der Waals surface area (Å²) in [4.78, 5) is 14.4. The highest BCUT2D eigenvalue weighted by Gasteiger charge is 2.31. The molecule has 1 amide bonds. The van der Waals surface area contributed by atoms with Crippen molar-refractivity contribution in [1.82, 2.24) is 10.2 Å². The maximum Gasteiger partial charge on any atom is 0.222 e. The lowest BCUT2D eigenvalue weighted by Gasteiger charge is -2.40. The van der Waals surface area contributed by atoms with Crippen molar-refractivity contribution in [3.8, 4) is 0 Å². The molecule has 1 N–H and O–H groups in total. The lowest BCUT2D eigenvalue weighted by Crippen LogP contribution is -2.53. The minimum Gasteiger partial charge on any atom is -0.352 e. The summed E-state index contributed by atoms with van der Waals surface area (Å²) in [6.45, 7) is 8.54. The molecule has 2 aliphatic rings. The number of nitrogens with zero attached hydrogens (tertiary/aromatic N) is 1. The van der Waals surface area contributed by atoms with Gasteiger partial charge in [-0.25, -0.2) is 0 Å². The topological polar surface area (TPSA) is 32.3 Å². The van der Waals surface area contributed by atoms with Gasteiger partial charge < -0.3 is 5.32 Å². The van der Waals surface area contributed by atoms with E-state index in [4.69, 9.17) is 0 Å². The summed E-state index contributed by atoms with van der Waals surface area (Å²) >= 11 is 0. The molecule has 1 heterocycles. The molecular weight excluding hydrogens is 224 g/mol. The number of hydrogen-bond acceptors (Lipinski definition) is 2. The third-order valence-electron chi connectivity index (χ3n) is 4.40. The molecule has 0 radical (unpaired) electrons. The van der Waals surface area contributed by atoms with Gasteiger partial charge in [0.05, 0.1) is 0 Å². The van der Waals surface area contributed by atoms with E-state index in [0.29, 0.717) is 12.0 Å². The molecule has 0 aromatic heterocycles. The van der Waals surface area contributed by atoms with Crippen LogP contribution in [0.2, 0.25) is 0 Å². The van der Waals surface area contributed by atoms with Gasteiger partial charge in [-0.05, 0) is 25.2 Å². The van der Waals surface area contributed by atoms with Gasteiger partial charge in [0.2, 0.25) is 5.91 Å². The van der Waals surface area contributed by atoms with Gasteiger partial charge in [-0.15, -0.1) is 0 Å². The Morgan fingerprint density at radius 1 is 1.22 bits per heavy atom. The van der Waals surface area contributed by atoms with Gasteiger partial charge in [0.25, 0.3) is 0 Å². The van der Waals surface area contributed by atoms with Crippen LogP contribution >= 0.6 is 0 Å². The molecule has 3 heteroatoms. The van der Waals surface area contributed by atoms with Crippen LogP contribution in [-0.2, 0) is 4.79 Å². The first-order chi connectivity index (χ1) is 8.56. The quantitative estimate of drug-likeness (QED) is 0.836. The molecule has 104 valence electrons. The number of amides is 1. The molecule has 0 bridgehead atoms. The van der Waals surface area contributed by atoms with E-state index in [0.717, 1.165) is 19.0 Å². The zero-order valence-electron chi connectivity index (χ0n) is 12.1. The molecule has 3 nitrogen and oxygen atoms in total. The monoisotopic (exact) mass is 252 g/mol. The molecule has 2 fully saturated rings. The lowest BCUT2D eigenvalue weighted by molar-refractivity contribution is -0.125. The van der Waals surface area contributed by atoms with Crippen LogP contribution in [0, 0.1) is 11.8 Å². The second-order valence-electron chi connectivity index (χ2n) is 6.59. The van der Waals surface area contributed by atoms with Crippen molar-refractivity contribution in [3.63, 3.8) is 0 Å². The van der Waals surface area contributed by atoms with E-state index in [1.807, 2.05) is 13.8 Å². The first-order valence-corrected chi connectivity index (χ1v) is 7.60. The van der Waals surface area contributed by atoms with E-state index in [1.54, 1.807) is 0 Å². The largest absolute Gasteiger partial charge is 0.352 e. The van der Waals surface area contributed by atoms with Crippen molar-refractivity contribution in [2.24, 2.45) is 11.8 Å². The number of hydrogen-bond donors (Lipinski definition) is 1. The Balaban J connectivity index is 1.89. The molecule has 0 aromatic carbocycles. The molecule has 1 saturated carbocycles. The Labute approximate surface area is 111 Å². The fraction of sp³-hybridized carbons (Fsp3) is 0.933. The van der Waals surface area contributed by atoms with Crippen LogP contribution in [0.1, 0.15) is 52.9 Å². The normalized spacial score (nSPS) is 30.9. The van der Waals surface area contributed by atoms with E-state index < -0.39 is 0 Å². The maximum absolute atomic E-state index is 11.8. The Morgan fingerprint density at radius 2 is 1.89 bits per heavy atom. The molecule has 2 rings (SSSR count). The predicted molar refractivity (Wildman–Crippen MR) is 74.4 cm³/mol. The van der Waals surface area contributed by atoms with Gasteiger partial charge in [-0.2, -0.15) is 0 Å². The van der Waals surface area contributed by atoms with Crippen molar-refractivity contribution in [3.05, 3.63) is 0 Å². The van der Waals surface area contributed by atoms with Crippen molar-refractivity contribution >= 4 is 5.91 Å². The summed E-state index contributed by atoms with van der Waals surface area (Å²) in [5, 5.41) is 3.22. The van der Waals surface area contributed by atoms with Crippen molar-refractivity contribution in [2.45, 2.75) is 65.0 Å². The number of nitrogens with one attached hydrogen (secondary N) is 1. The third kappa shape index (κ3) is 3.47. The zero-order valence-corrected chi connectivity index (χ0v) is 12.1. The van der Waals surface area contributed by atoms with E-state index in [2.05, 4.69) is 17.1 Å². The Bertz CT molecular complexity index is 284. The van der Waals surface area contributed by atoms with Crippen LogP contribution in [0.25, 0.3) is 0 Å². The van der Waals surface area contributed by atoms with Gasteiger partial charge in [-0.3, -0.25) is 9.69 Å². The van der Waals surface area contributed by atoms with Crippen molar-refractivity contribution < 1.29 is 4.79 Å². The SMILES string of the molecule is CC1CC(NC(=O)C(C)C)CN(C2CCCC2)C1. The fourth-order valence-electron chi connectivity index (χ4n) is 3.43. The van der Waals surface area contributed by atoms with E-state index in [9.17, 15) is 4.79 Å². The summed E-state index contributed by atoms with van der Waals surface area (Å²) in [5.74, 6) is 1.01. The highest BCUT2D eigenvalue weighted by Crippen LogP contribution is 2.27. The molecule has 2 unspecified atom stereocenters. The summed E-state index contributed by atoms with van der Waals surface area (Å²) in [6, 6.07) is 1.15. The highest BCUT2D eigenvalue weighted by molar-refractivity contribution is 5.78. The van der Waals surface area contributed by atoms with Crippen LogP contribution < -0.4 is 5.32 Å². The van der Waals surface area contributed by atoms with Crippen LogP contribution in [0.5, 0.6) is 0 Å². The van der Waals surface area contributed by atoms with Crippen LogP contribution in [0.4, 0.5) is 0 Å². The van der Waals surface area contributed by atoms with Gasteiger partial charge in [-0.1, -0.05) is 33.6 Å². The minimum atomic E-state index is 0.0992. The molecule has 1 saturated heterocycles. The molecule has 18 heavy (non-hydrogen) atoms.